The molecule has 1 heterocycles. The minimum Gasteiger partial charge on any atom is -0.351 e. The fourth-order valence-electron chi connectivity index (χ4n) is 4.86. The molecule has 0 aromatic heterocycles. The van der Waals surface area contributed by atoms with Gasteiger partial charge in [-0.3, -0.25) is 14.4 Å². The summed E-state index contributed by atoms with van der Waals surface area (Å²) in [5.41, 5.74) is 1.35. The van der Waals surface area contributed by atoms with Crippen molar-refractivity contribution >= 4 is 23.8 Å². The zero-order valence-electron chi connectivity index (χ0n) is 19.8. The predicted octanol–water partition coefficient (Wildman–Crippen LogP) is 3.93. The molecule has 1 saturated carbocycles. The van der Waals surface area contributed by atoms with E-state index < -0.39 is 0 Å². The number of halogens is 1. The Balaban J connectivity index is 1.33. The number of rotatable bonds is 6. The molecule has 1 saturated heterocycles. The molecule has 4 rings (SSSR count). The third kappa shape index (κ3) is 6.78. The van der Waals surface area contributed by atoms with Crippen LogP contribution in [-0.4, -0.2) is 47.8 Å². The molecule has 2 aromatic rings. The summed E-state index contributed by atoms with van der Waals surface area (Å²) in [6, 6.07) is 14.8. The Hall–Kier alpha value is -3.48. The summed E-state index contributed by atoms with van der Waals surface area (Å²) in [6.07, 6.45) is 8.39. The molecule has 184 valence electrons. The number of hydrogen-bond donors (Lipinski definition) is 2. The fraction of sp³-hybridized carbons (Fsp3) is 0.393. The van der Waals surface area contributed by atoms with E-state index in [0.29, 0.717) is 18.7 Å². The number of carbonyl (C=O) groups excluding carboxylic acids is 3. The number of piperidine rings is 1. The van der Waals surface area contributed by atoms with Crippen LogP contribution in [0.25, 0.3) is 6.08 Å². The maximum absolute atomic E-state index is 13.2. The summed E-state index contributed by atoms with van der Waals surface area (Å²) < 4.78 is 13.2. The average Bonchev–Trinajstić information content (AvgIpc) is 2.89. The van der Waals surface area contributed by atoms with Gasteiger partial charge in [-0.1, -0.05) is 43.2 Å². The van der Waals surface area contributed by atoms with Crippen LogP contribution in [0.5, 0.6) is 0 Å². The minimum absolute atomic E-state index is 0.0672. The summed E-state index contributed by atoms with van der Waals surface area (Å²) in [4.78, 5) is 40.2. The summed E-state index contributed by atoms with van der Waals surface area (Å²) >= 11 is 0. The van der Waals surface area contributed by atoms with Gasteiger partial charge in [0.05, 0.1) is 5.92 Å². The Kier molecular flexibility index (Phi) is 8.29. The number of nitrogens with one attached hydrogen (secondary N) is 2. The van der Waals surface area contributed by atoms with Crippen molar-refractivity contribution in [2.24, 2.45) is 5.92 Å². The van der Waals surface area contributed by atoms with E-state index in [0.717, 1.165) is 44.1 Å². The summed E-state index contributed by atoms with van der Waals surface area (Å²) in [5, 5.41) is 6.17. The second kappa shape index (κ2) is 11.8. The van der Waals surface area contributed by atoms with Crippen molar-refractivity contribution in [2.45, 2.75) is 50.6 Å². The highest BCUT2D eigenvalue weighted by Crippen LogP contribution is 2.22. The Morgan fingerprint density at radius 1 is 0.857 bits per heavy atom. The monoisotopic (exact) mass is 477 g/mol. The Morgan fingerprint density at radius 2 is 1.54 bits per heavy atom. The molecule has 6 nitrogen and oxygen atoms in total. The lowest BCUT2D eigenvalue weighted by atomic mass is 9.88. The van der Waals surface area contributed by atoms with Crippen molar-refractivity contribution < 1.29 is 18.8 Å². The lowest BCUT2D eigenvalue weighted by Crippen LogP contribution is -2.55. The quantitative estimate of drug-likeness (QED) is 0.619. The topological polar surface area (TPSA) is 78.5 Å². The van der Waals surface area contributed by atoms with Gasteiger partial charge in [-0.05, 0) is 61.6 Å². The zero-order chi connectivity index (χ0) is 24.6. The number of amides is 3. The molecule has 0 bridgehead atoms. The normalized spacial score (nSPS) is 22.5. The average molecular weight is 478 g/mol. The molecule has 1 aliphatic carbocycles. The van der Waals surface area contributed by atoms with Crippen molar-refractivity contribution in [3.63, 3.8) is 0 Å². The lowest BCUT2D eigenvalue weighted by molar-refractivity contribution is -0.132. The van der Waals surface area contributed by atoms with Gasteiger partial charge in [0.2, 0.25) is 11.8 Å². The number of nitrogens with zero attached hydrogens (tertiary/aromatic N) is 1. The van der Waals surface area contributed by atoms with Gasteiger partial charge in [-0.15, -0.1) is 0 Å². The predicted molar refractivity (Wildman–Crippen MR) is 133 cm³/mol. The van der Waals surface area contributed by atoms with E-state index in [2.05, 4.69) is 10.6 Å². The number of likely N-dealkylation sites (tertiary alicyclic amines) is 1. The van der Waals surface area contributed by atoms with E-state index in [1.165, 1.54) is 24.3 Å². The van der Waals surface area contributed by atoms with Crippen LogP contribution in [0.4, 0.5) is 4.39 Å². The van der Waals surface area contributed by atoms with Gasteiger partial charge >= 0.3 is 0 Å². The molecular weight excluding hydrogens is 445 g/mol. The molecule has 0 radical (unpaired) electrons. The van der Waals surface area contributed by atoms with Gasteiger partial charge in [0, 0.05) is 36.8 Å². The Labute approximate surface area is 205 Å². The first-order valence-corrected chi connectivity index (χ1v) is 12.4. The van der Waals surface area contributed by atoms with Crippen LogP contribution in [0.1, 0.15) is 54.4 Å². The fourth-order valence-corrected chi connectivity index (χ4v) is 4.86. The number of carbonyl (C=O) groups is 3. The van der Waals surface area contributed by atoms with Crippen molar-refractivity contribution in [2.75, 3.05) is 13.1 Å². The van der Waals surface area contributed by atoms with Crippen LogP contribution < -0.4 is 10.6 Å². The van der Waals surface area contributed by atoms with Gasteiger partial charge in [-0.2, -0.15) is 0 Å². The van der Waals surface area contributed by atoms with Gasteiger partial charge in [0.15, 0.2) is 0 Å². The molecule has 35 heavy (non-hydrogen) atoms. The van der Waals surface area contributed by atoms with E-state index in [4.69, 9.17) is 0 Å². The highest BCUT2D eigenvalue weighted by molar-refractivity contribution is 5.94. The largest absolute Gasteiger partial charge is 0.351 e. The lowest BCUT2D eigenvalue weighted by Gasteiger charge is -2.36. The molecule has 3 amide bonds. The van der Waals surface area contributed by atoms with Crippen LogP contribution in [-0.2, 0) is 9.59 Å². The third-order valence-corrected chi connectivity index (χ3v) is 6.84. The van der Waals surface area contributed by atoms with Gasteiger partial charge in [0.25, 0.3) is 5.91 Å². The molecule has 0 unspecified atom stereocenters. The summed E-state index contributed by atoms with van der Waals surface area (Å²) in [5.74, 6) is -1.08. The van der Waals surface area contributed by atoms with Crippen molar-refractivity contribution in [1.82, 2.24) is 15.5 Å². The van der Waals surface area contributed by atoms with Crippen molar-refractivity contribution in [1.29, 1.82) is 0 Å². The maximum atomic E-state index is 13.2. The van der Waals surface area contributed by atoms with E-state index in [9.17, 15) is 18.8 Å². The van der Waals surface area contributed by atoms with Crippen LogP contribution in [0.2, 0.25) is 0 Å². The molecule has 1 aliphatic heterocycles. The SMILES string of the molecule is O=C(N[C@@H]1CCCC[C@H]1NC(=O)[C@H]1CCCN(C(=O)/C=C/c2ccccc2)C1)c1ccc(F)cc1. The molecule has 7 heteroatoms. The van der Waals surface area contributed by atoms with E-state index in [-0.39, 0.29) is 41.5 Å². The number of hydrogen-bond acceptors (Lipinski definition) is 3. The minimum atomic E-state index is -0.389. The highest BCUT2D eigenvalue weighted by Gasteiger charge is 2.32. The molecule has 3 atom stereocenters. The van der Waals surface area contributed by atoms with Crippen LogP contribution in [0.3, 0.4) is 0 Å². The summed E-state index contributed by atoms with van der Waals surface area (Å²) in [7, 11) is 0. The smallest absolute Gasteiger partial charge is 0.251 e. The molecule has 2 fully saturated rings. The molecule has 0 spiro atoms. The first-order valence-electron chi connectivity index (χ1n) is 12.4. The number of benzene rings is 2. The van der Waals surface area contributed by atoms with E-state index in [1.807, 2.05) is 30.3 Å². The molecule has 2 N–H and O–H groups in total. The first-order chi connectivity index (χ1) is 17.0. The Morgan fingerprint density at radius 3 is 2.26 bits per heavy atom. The van der Waals surface area contributed by atoms with Gasteiger partial charge in [0.1, 0.15) is 5.82 Å². The van der Waals surface area contributed by atoms with Crippen LogP contribution in [0.15, 0.2) is 60.7 Å². The van der Waals surface area contributed by atoms with Gasteiger partial charge in [-0.25, -0.2) is 4.39 Å². The van der Waals surface area contributed by atoms with E-state index in [1.54, 1.807) is 17.1 Å². The van der Waals surface area contributed by atoms with Crippen molar-refractivity contribution in [3.05, 3.63) is 77.6 Å². The summed E-state index contributed by atoms with van der Waals surface area (Å²) in [6.45, 7) is 1.03. The van der Waals surface area contributed by atoms with Crippen LogP contribution in [0, 0.1) is 11.7 Å². The van der Waals surface area contributed by atoms with Crippen molar-refractivity contribution in [3.8, 4) is 0 Å². The first kappa shape index (κ1) is 24.6. The third-order valence-electron chi connectivity index (χ3n) is 6.84. The van der Waals surface area contributed by atoms with Gasteiger partial charge < -0.3 is 15.5 Å². The van der Waals surface area contributed by atoms with Crippen LogP contribution >= 0.6 is 0 Å². The zero-order valence-corrected chi connectivity index (χ0v) is 19.8. The molecular formula is C28H32FN3O3. The van der Waals surface area contributed by atoms with E-state index >= 15 is 0 Å². The second-order valence-electron chi connectivity index (χ2n) is 9.35. The maximum Gasteiger partial charge on any atom is 0.251 e. The Bertz CT molecular complexity index is 1050. The second-order valence-corrected chi connectivity index (χ2v) is 9.35. The highest BCUT2D eigenvalue weighted by atomic mass is 19.1. The standard InChI is InChI=1S/C28H32FN3O3/c29-23-15-13-21(14-16-23)27(34)30-24-10-4-5-11-25(24)31-28(35)22-9-6-18-32(19-22)26(33)17-12-20-7-2-1-3-8-20/h1-3,7-8,12-17,22,24-25H,4-6,9-11,18-19H2,(H,30,34)(H,31,35)/b17-12+/t22-,24+,25+/m0/s1. The molecule has 2 aliphatic rings. The molecule has 2 aromatic carbocycles.